The summed E-state index contributed by atoms with van der Waals surface area (Å²) in [6.45, 7) is 4.77. The molecule has 1 aromatic carbocycles. The molecule has 2 rings (SSSR count). The molecule has 0 saturated carbocycles. The molecule has 3 heteroatoms. The van der Waals surface area contributed by atoms with E-state index in [2.05, 4.69) is 11.1 Å². The number of aliphatic hydroxyl groups excluding tert-OH is 1. The maximum absolute atomic E-state index is 9.40. The van der Waals surface area contributed by atoms with E-state index >= 15 is 0 Å². The summed E-state index contributed by atoms with van der Waals surface area (Å²) in [6, 6.07) is 5.83. The highest BCUT2D eigenvalue weighted by molar-refractivity contribution is 6.31. The number of hydrogen-bond donors (Lipinski definition) is 1. The van der Waals surface area contributed by atoms with Gasteiger partial charge in [0.1, 0.15) is 0 Å². The molecule has 0 unspecified atom stereocenters. The van der Waals surface area contributed by atoms with Crippen molar-refractivity contribution in [2.75, 3.05) is 0 Å². The molecule has 1 N–H and O–H groups in total. The van der Waals surface area contributed by atoms with E-state index in [9.17, 15) is 5.11 Å². The Bertz CT molecular complexity index is 559. The van der Waals surface area contributed by atoms with Gasteiger partial charge in [0, 0.05) is 34.2 Å². The first-order valence-corrected chi connectivity index (χ1v) is 7.13. The summed E-state index contributed by atoms with van der Waals surface area (Å²) in [5.74, 6) is 0. The van der Waals surface area contributed by atoms with Crippen molar-refractivity contribution < 1.29 is 5.11 Å². The van der Waals surface area contributed by atoms with Crippen LogP contribution in [0.5, 0.6) is 0 Å². The van der Waals surface area contributed by atoms with Gasteiger partial charge in [0.2, 0.25) is 0 Å². The van der Waals surface area contributed by atoms with E-state index in [4.69, 9.17) is 11.6 Å². The molecule has 0 spiro atoms. The van der Waals surface area contributed by atoms with Crippen LogP contribution in [-0.4, -0.2) is 9.67 Å². The molecule has 0 radical (unpaired) electrons. The Hall–Kier alpha value is -1.25. The van der Waals surface area contributed by atoms with Crippen molar-refractivity contribution in [1.82, 2.24) is 4.57 Å². The first-order chi connectivity index (χ1) is 9.26. The number of benzene rings is 1. The predicted molar refractivity (Wildman–Crippen MR) is 81.5 cm³/mol. The van der Waals surface area contributed by atoms with Gasteiger partial charge in [-0.05, 0) is 31.4 Å². The normalized spacial score (nSPS) is 11.1. The first-order valence-electron chi connectivity index (χ1n) is 6.75. The quantitative estimate of drug-likeness (QED) is 0.584. The number of nitrogens with zero attached hydrogens (tertiary/aromatic N) is 1. The molecule has 0 fully saturated rings. The van der Waals surface area contributed by atoms with Crippen molar-refractivity contribution >= 4 is 22.5 Å². The second kappa shape index (κ2) is 6.78. The fourth-order valence-electron chi connectivity index (χ4n) is 2.40. The zero-order chi connectivity index (χ0) is 13.7. The van der Waals surface area contributed by atoms with Crippen LogP contribution in [0.2, 0.25) is 5.02 Å². The van der Waals surface area contributed by atoms with Crippen LogP contribution in [-0.2, 0) is 13.2 Å². The molecule has 2 nitrogen and oxygen atoms in total. The summed E-state index contributed by atoms with van der Waals surface area (Å²) in [4.78, 5) is 0. The highest BCUT2D eigenvalue weighted by Crippen LogP contribution is 2.25. The molecule has 0 aliphatic carbocycles. The van der Waals surface area contributed by atoms with E-state index in [1.165, 1.54) is 12.8 Å². The zero-order valence-electron chi connectivity index (χ0n) is 11.1. The smallest absolute Gasteiger partial charge is 0.0702 e. The summed E-state index contributed by atoms with van der Waals surface area (Å²) in [5, 5.41) is 11.2. The molecule has 0 saturated heterocycles. The summed E-state index contributed by atoms with van der Waals surface area (Å²) < 4.78 is 2.20. The second-order valence-electron chi connectivity index (χ2n) is 4.81. The summed E-state index contributed by atoms with van der Waals surface area (Å²) in [6.07, 6.45) is 8.61. The Kier molecular flexibility index (Phi) is 5.06. The number of halogens is 1. The van der Waals surface area contributed by atoms with Crippen LogP contribution < -0.4 is 0 Å². The predicted octanol–water partition coefficient (Wildman–Crippen LogP) is 4.53. The standard InChI is InChI=1S/C16H20ClNO/c1-2-3-4-5-6-9-18-11-13(12-19)15-8-7-14(17)10-16(15)18/h2,7-8,10-11,19H,1,3-6,9,12H2. The largest absolute Gasteiger partial charge is 0.392 e. The van der Waals surface area contributed by atoms with Crippen molar-refractivity contribution in [2.24, 2.45) is 0 Å². The van der Waals surface area contributed by atoms with E-state index in [1.54, 1.807) is 0 Å². The van der Waals surface area contributed by atoms with Gasteiger partial charge in [-0.1, -0.05) is 30.2 Å². The molecule has 1 aromatic heterocycles. The molecule has 0 aliphatic rings. The molecule has 0 amide bonds. The molecule has 0 atom stereocenters. The van der Waals surface area contributed by atoms with E-state index in [-0.39, 0.29) is 6.61 Å². The SMILES string of the molecule is C=CCCCCCn1cc(CO)c2ccc(Cl)cc21. The van der Waals surface area contributed by atoms with Gasteiger partial charge in [0.05, 0.1) is 6.61 Å². The number of aromatic nitrogens is 1. The topological polar surface area (TPSA) is 25.2 Å². The van der Waals surface area contributed by atoms with Crippen LogP contribution in [0.15, 0.2) is 37.1 Å². The summed E-state index contributed by atoms with van der Waals surface area (Å²) in [5.41, 5.74) is 2.08. The van der Waals surface area contributed by atoms with Crippen molar-refractivity contribution in [3.05, 3.63) is 47.6 Å². The second-order valence-corrected chi connectivity index (χ2v) is 5.24. The Morgan fingerprint density at radius 2 is 2.11 bits per heavy atom. The Morgan fingerprint density at radius 1 is 1.26 bits per heavy atom. The summed E-state index contributed by atoms with van der Waals surface area (Å²) >= 11 is 6.06. The van der Waals surface area contributed by atoms with Crippen LogP contribution in [0.4, 0.5) is 0 Å². The highest BCUT2D eigenvalue weighted by Gasteiger charge is 2.08. The fourth-order valence-corrected chi connectivity index (χ4v) is 2.57. The number of aryl methyl sites for hydroxylation is 1. The summed E-state index contributed by atoms with van der Waals surface area (Å²) in [7, 11) is 0. The Morgan fingerprint density at radius 3 is 2.84 bits per heavy atom. The number of unbranched alkanes of at least 4 members (excludes halogenated alkanes) is 3. The fraction of sp³-hybridized carbons (Fsp3) is 0.375. The minimum absolute atomic E-state index is 0.0710. The number of allylic oxidation sites excluding steroid dienone is 1. The minimum Gasteiger partial charge on any atom is -0.392 e. The number of fused-ring (bicyclic) bond motifs is 1. The number of rotatable bonds is 7. The van der Waals surface area contributed by atoms with Crippen molar-refractivity contribution in [3.63, 3.8) is 0 Å². The number of hydrogen-bond acceptors (Lipinski definition) is 1. The molecular formula is C16H20ClNO. The van der Waals surface area contributed by atoms with Gasteiger partial charge < -0.3 is 9.67 Å². The molecule has 0 aliphatic heterocycles. The van der Waals surface area contributed by atoms with Gasteiger partial charge >= 0.3 is 0 Å². The average molecular weight is 278 g/mol. The van der Waals surface area contributed by atoms with Gasteiger partial charge in [0.15, 0.2) is 0 Å². The number of aliphatic hydroxyl groups is 1. The lowest BCUT2D eigenvalue weighted by Crippen LogP contribution is -1.96. The third-order valence-electron chi connectivity index (χ3n) is 3.40. The van der Waals surface area contributed by atoms with Crippen LogP contribution in [0.3, 0.4) is 0 Å². The van der Waals surface area contributed by atoms with E-state index in [0.29, 0.717) is 0 Å². The van der Waals surface area contributed by atoms with Crippen molar-refractivity contribution in [1.29, 1.82) is 0 Å². The van der Waals surface area contributed by atoms with E-state index < -0.39 is 0 Å². The monoisotopic (exact) mass is 277 g/mol. The average Bonchev–Trinajstić information content (AvgIpc) is 2.76. The molecule has 1 heterocycles. The third-order valence-corrected chi connectivity index (χ3v) is 3.64. The van der Waals surface area contributed by atoms with Gasteiger partial charge in [-0.3, -0.25) is 0 Å². The van der Waals surface area contributed by atoms with Crippen molar-refractivity contribution in [3.8, 4) is 0 Å². The highest BCUT2D eigenvalue weighted by atomic mass is 35.5. The maximum atomic E-state index is 9.40. The van der Waals surface area contributed by atoms with Gasteiger partial charge in [-0.15, -0.1) is 6.58 Å². The lowest BCUT2D eigenvalue weighted by Gasteiger charge is -2.05. The molecular weight excluding hydrogens is 258 g/mol. The molecule has 19 heavy (non-hydrogen) atoms. The molecule has 0 bridgehead atoms. The molecule has 102 valence electrons. The van der Waals surface area contributed by atoms with Gasteiger partial charge in [-0.25, -0.2) is 0 Å². The third kappa shape index (κ3) is 3.40. The molecule has 2 aromatic rings. The maximum Gasteiger partial charge on any atom is 0.0702 e. The van der Waals surface area contributed by atoms with Crippen LogP contribution >= 0.6 is 11.6 Å². The van der Waals surface area contributed by atoms with Crippen LogP contribution in [0.1, 0.15) is 31.2 Å². The first kappa shape index (κ1) is 14.2. The van der Waals surface area contributed by atoms with Gasteiger partial charge in [0.25, 0.3) is 0 Å². The lowest BCUT2D eigenvalue weighted by molar-refractivity contribution is 0.283. The Labute approximate surface area is 119 Å². The lowest BCUT2D eigenvalue weighted by atomic mass is 10.2. The zero-order valence-corrected chi connectivity index (χ0v) is 11.9. The van der Waals surface area contributed by atoms with Crippen LogP contribution in [0.25, 0.3) is 10.9 Å². The van der Waals surface area contributed by atoms with E-state index in [0.717, 1.165) is 40.9 Å². The minimum atomic E-state index is 0.0710. The van der Waals surface area contributed by atoms with Gasteiger partial charge in [-0.2, -0.15) is 0 Å². The van der Waals surface area contributed by atoms with E-state index in [1.807, 2.05) is 30.5 Å². The van der Waals surface area contributed by atoms with Crippen molar-refractivity contribution in [2.45, 2.75) is 38.8 Å². The Balaban J connectivity index is 2.13. The van der Waals surface area contributed by atoms with Crippen LogP contribution in [0, 0.1) is 0 Å².